The van der Waals surface area contributed by atoms with Gasteiger partial charge in [-0.15, -0.1) is 0 Å². The van der Waals surface area contributed by atoms with Crippen molar-refractivity contribution in [1.29, 1.82) is 0 Å². The summed E-state index contributed by atoms with van der Waals surface area (Å²) in [4.78, 5) is 25.5. The summed E-state index contributed by atoms with van der Waals surface area (Å²) in [5.74, 6) is -0.626. The van der Waals surface area contributed by atoms with E-state index in [0.29, 0.717) is 48.1 Å². The van der Waals surface area contributed by atoms with Crippen molar-refractivity contribution >= 4 is 51.4 Å². The van der Waals surface area contributed by atoms with Gasteiger partial charge < -0.3 is 29.7 Å². The number of hydrogen-bond donors (Lipinski definition) is 2. The van der Waals surface area contributed by atoms with Gasteiger partial charge in [-0.1, -0.05) is 31.2 Å². The average molecular weight is 592 g/mol. The number of anilines is 4. The number of fused-ring (bicyclic) bond motifs is 3. The standard InChI is InChI=1S/C31H35ClFN7O2/c1-6-19-14-26(39(5)11-10-38(3)4)24(35-28(41)7-2)16-23(19)36-31-34-17-22(33)30(37-31)29-21-9-8-20(32)15-25(21)40-12-13-42-18-27(29)40/h7-9,14-17H,2,6,10-13,18H2,1,3-5H3,(H,35,41)(H,34,36,37). The van der Waals surface area contributed by atoms with Crippen molar-refractivity contribution in [2.75, 3.05) is 56.4 Å². The van der Waals surface area contributed by atoms with E-state index in [1.54, 1.807) is 6.07 Å². The topological polar surface area (TPSA) is 87.5 Å². The van der Waals surface area contributed by atoms with Crippen molar-refractivity contribution in [3.63, 3.8) is 0 Å². The van der Waals surface area contributed by atoms with Crippen LogP contribution >= 0.6 is 11.6 Å². The molecule has 0 radical (unpaired) electrons. The van der Waals surface area contributed by atoms with Gasteiger partial charge >= 0.3 is 0 Å². The second-order valence-corrected chi connectivity index (χ2v) is 10.9. The second-order valence-electron chi connectivity index (χ2n) is 10.5. The van der Waals surface area contributed by atoms with E-state index in [4.69, 9.17) is 16.3 Å². The SMILES string of the molecule is C=CC(=O)Nc1cc(Nc2ncc(F)c(-c3c4n(c5cc(Cl)ccc35)CCOC4)n2)c(CC)cc1N(C)CCN(C)C. The summed E-state index contributed by atoms with van der Waals surface area (Å²) in [5.41, 5.74) is 5.78. The zero-order valence-corrected chi connectivity index (χ0v) is 25.1. The lowest BCUT2D eigenvalue weighted by atomic mass is 10.1. The molecule has 1 aliphatic rings. The normalized spacial score (nSPS) is 12.8. The first-order valence-corrected chi connectivity index (χ1v) is 14.2. The molecule has 9 nitrogen and oxygen atoms in total. The molecule has 2 aromatic heterocycles. The first-order chi connectivity index (χ1) is 20.2. The molecule has 0 atom stereocenters. The van der Waals surface area contributed by atoms with Gasteiger partial charge in [0.15, 0.2) is 5.82 Å². The summed E-state index contributed by atoms with van der Waals surface area (Å²) in [6.45, 7) is 8.78. The monoisotopic (exact) mass is 591 g/mol. The van der Waals surface area contributed by atoms with E-state index in [2.05, 4.69) is 41.5 Å². The third kappa shape index (κ3) is 5.97. The van der Waals surface area contributed by atoms with Crippen molar-refractivity contribution in [2.45, 2.75) is 26.5 Å². The van der Waals surface area contributed by atoms with E-state index >= 15 is 4.39 Å². The number of nitrogens with zero attached hydrogens (tertiary/aromatic N) is 5. The maximum absolute atomic E-state index is 15.4. The Balaban J connectivity index is 1.57. The lowest BCUT2D eigenvalue weighted by Crippen LogP contribution is -2.29. The molecule has 0 saturated heterocycles. The van der Waals surface area contributed by atoms with E-state index < -0.39 is 5.82 Å². The molecule has 1 amide bonds. The zero-order chi connectivity index (χ0) is 30.0. The first-order valence-electron chi connectivity index (χ1n) is 13.8. The predicted octanol–water partition coefficient (Wildman–Crippen LogP) is 5.85. The Labute approximate surface area is 249 Å². The summed E-state index contributed by atoms with van der Waals surface area (Å²) < 4.78 is 23.3. The van der Waals surface area contributed by atoms with Gasteiger partial charge in [-0.05, 0) is 56.4 Å². The van der Waals surface area contributed by atoms with Crippen LogP contribution < -0.4 is 15.5 Å². The molecule has 5 rings (SSSR count). The molecule has 0 aliphatic carbocycles. The molecule has 1 aliphatic heterocycles. The summed E-state index contributed by atoms with van der Waals surface area (Å²) >= 11 is 6.32. The van der Waals surface area contributed by atoms with E-state index in [0.717, 1.165) is 40.9 Å². The first kappa shape index (κ1) is 29.5. The van der Waals surface area contributed by atoms with Gasteiger partial charge in [0, 0.05) is 48.3 Å². The van der Waals surface area contributed by atoms with Crippen LogP contribution in [0, 0.1) is 5.82 Å². The van der Waals surface area contributed by atoms with Crippen molar-refractivity contribution in [2.24, 2.45) is 0 Å². The fourth-order valence-electron chi connectivity index (χ4n) is 5.20. The maximum atomic E-state index is 15.4. The molecule has 220 valence electrons. The van der Waals surface area contributed by atoms with Crippen LogP contribution in [-0.2, 0) is 29.1 Å². The van der Waals surface area contributed by atoms with Gasteiger partial charge in [-0.3, -0.25) is 4.79 Å². The molecular formula is C31H35ClFN7O2. The zero-order valence-electron chi connectivity index (χ0n) is 24.3. The van der Waals surface area contributed by atoms with Crippen LogP contribution in [0.4, 0.5) is 27.4 Å². The molecule has 42 heavy (non-hydrogen) atoms. The molecule has 2 aromatic carbocycles. The van der Waals surface area contributed by atoms with E-state index in [1.165, 1.54) is 12.3 Å². The number of hydrogen-bond acceptors (Lipinski definition) is 7. The summed E-state index contributed by atoms with van der Waals surface area (Å²) in [6, 6.07) is 9.47. The molecule has 3 heterocycles. The number of aromatic nitrogens is 3. The fraction of sp³-hybridized carbons (Fsp3) is 0.323. The highest BCUT2D eigenvalue weighted by Crippen LogP contribution is 2.39. The highest BCUT2D eigenvalue weighted by atomic mass is 35.5. The Kier molecular flexibility index (Phi) is 8.77. The second kappa shape index (κ2) is 12.5. The van der Waals surface area contributed by atoms with E-state index in [1.807, 2.05) is 52.3 Å². The van der Waals surface area contributed by atoms with Crippen LogP contribution in [0.1, 0.15) is 18.2 Å². The van der Waals surface area contributed by atoms with Crippen LogP contribution in [0.2, 0.25) is 5.02 Å². The Bertz CT molecular complexity index is 1650. The number of ether oxygens (including phenoxy) is 1. The molecule has 4 aromatic rings. The molecular weight excluding hydrogens is 557 g/mol. The number of rotatable bonds is 10. The third-order valence-corrected chi connectivity index (χ3v) is 7.63. The van der Waals surface area contributed by atoms with Crippen molar-refractivity contribution in [1.82, 2.24) is 19.4 Å². The average Bonchev–Trinajstić information content (AvgIpc) is 3.30. The van der Waals surface area contributed by atoms with Crippen LogP contribution in [-0.4, -0.2) is 66.2 Å². The lowest BCUT2D eigenvalue weighted by molar-refractivity contribution is -0.111. The molecule has 2 N–H and O–H groups in total. The van der Waals surface area contributed by atoms with Crippen molar-refractivity contribution < 1.29 is 13.9 Å². The highest BCUT2D eigenvalue weighted by Gasteiger charge is 2.25. The number of nitrogens with one attached hydrogen (secondary N) is 2. The van der Waals surface area contributed by atoms with Gasteiger partial charge in [0.2, 0.25) is 11.9 Å². The Morgan fingerprint density at radius 2 is 2.02 bits per heavy atom. The number of carbonyl (C=O) groups excluding carboxylic acids is 1. The number of aryl methyl sites for hydroxylation is 1. The van der Waals surface area contributed by atoms with Crippen LogP contribution in [0.5, 0.6) is 0 Å². The Morgan fingerprint density at radius 3 is 2.76 bits per heavy atom. The number of amides is 1. The third-order valence-electron chi connectivity index (χ3n) is 7.40. The van der Waals surface area contributed by atoms with Gasteiger partial charge in [0.25, 0.3) is 0 Å². The Hall–Kier alpha value is -3.99. The minimum atomic E-state index is -0.538. The summed E-state index contributed by atoms with van der Waals surface area (Å²) in [5, 5.41) is 7.66. The van der Waals surface area contributed by atoms with Crippen molar-refractivity contribution in [3.05, 3.63) is 71.3 Å². The Morgan fingerprint density at radius 1 is 1.21 bits per heavy atom. The largest absolute Gasteiger partial charge is 0.373 e. The maximum Gasteiger partial charge on any atom is 0.247 e. The molecule has 0 fully saturated rings. The number of halogens is 2. The molecule has 0 spiro atoms. The lowest BCUT2D eigenvalue weighted by Gasteiger charge is -2.26. The van der Waals surface area contributed by atoms with Crippen molar-refractivity contribution in [3.8, 4) is 11.3 Å². The van der Waals surface area contributed by atoms with Crippen LogP contribution in [0.25, 0.3) is 22.2 Å². The number of carbonyl (C=O) groups is 1. The minimum absolute atomic E-state index is 0.178. The van der Waals surface area contributed by atoms with Crippen LogP contribution in [0.3, 0.4) is 0 Å². The molecule has 0 bridgehead atoms. The number of benzene rings is 2. The van der Waals surface area contributed by atoms with Gasteiger partial charge in [0.05, 0.1) is 42.0 Å². The number of likely N-dealkylation sites (N-methyl/N-ethyl adjacent to an activating group) is 2. The van der Waals surface area contributed by atoms with Gasteiger partial charge in [-0.2, -0.15) is 0 Å². The van der Waals surface area contributed by atoms with E-state index in [-0.39, 0.29) is 17.5 Å². The minimum Gasteiger partial charge on any atom is -0.373 e. The van der Waals surface area contributed by atoms with Crippen LogP contribution in [0.15, 0.2) is 49.2 Å². The summed E-state index contributed by atoms with van der Waals surface area (Å²) in [7, 11) is 6.03. The van der Waals surface area contributed by atoms with Gasteiger partial charge in [0.1, 0.15) is 5.69 Å². The fourth-order valence-corrected chi connectivity index (χ4v) is 5.37. The van der Waals surface area contributed by atoms with E-state index in [9.17, 15) is 4.79 Å². The van der Waals surface area contributed by atoms with Gasteiger partial charge in [-0.25, -0.2) is 14.4 Å². The predicted molar refractivity (Wildman–Crippen MR) is 167 cm³/mol. The summed E-state index contributed by atoms with van der Waals surface area (Å²) in [6.07, 6.45) is 3.12. The molecule has 0 unspecified atom stereocenters. The molecule has 11 heteroatoms. The quantitative estimate of drug-likeness (QED) is 0.224. The highest BCUT2D eigenvalue weighted by molar-refractivity contribution is 6.31. The molecule has 0 saturated carbocycles. The smallest absolute Gasteiger partial charge is 0.247 e.